The molecule has 0 unspecified atom stereocenters. The maximum absolute atomic E-state index is 14.3. The van der Waals surface area contributed by atoms with E-state index in [2.05, 4.69) is 12.2 Å². The van der Waals surface area contributed by atoms with Gasteiger partial charge in [0.25, 0.3) is 0 Å². The van der Waals surface area contributed by atoms with E-state index in [9.17, 15) is 23.1 Å². The Hall–Kier alpha value is -2.28. The van der Waals surface area contributed by atoms with Crippen LogP contribution in [0.15, 0.2) is 30.3 Å². The minimum absolute atomic E-state index is 0.0737. The Morgan fingerprint density at radius 3 is 2.57 bits per heavy atom. The summed E-state index contributed by atoms with van der Waals surface area (Å²) in [6.07, 6.45) is 2.83. The zero-order valence-corrected chi connectivity index (χ0v) is 20.4. The number of carbonyl (C=O) groups is 1. The molecule has 192 valence electrons. The highest BCUT2D eigenvalue weighted by Gasteiger charge is 2.38. The fraction of sp³-hybridized carbons (Fsp3) is 0.607. The molecular formula is C28H36F3NO3. The topological polar surface area (TPSA) is 58.6 Å². The first-order chi connectivity index (χ1) is 16.7. The molecule has 4 rings (SSSR count). The van der Waals surface area contributed by atoms with Crippen LogP contribution in [0.3, 0.4) is 0 Å². The van der Waals surface area contributed by atoms with Crippen molar-refractivity contribution in [3.8, 4) is 5.75 Å². The summed E-state index contributed by atoms with van der Waals surface area (Å²) in [4.78, 5) is 11.4. The maximum atomic E-state index is 14.3. The Morgan fingerprint density at radius 1 is 1.17 bits per heavy atom. The van der Waals surface area contributed by atoms with Crippen LogP contribution in [-0.2, 0) is 17.4 Å². The van der Waals surface area contributed by atoms with Gasteiger partial charge in [-0.3, -0.25) is 4.79 Å². The number of fused-ring (bicyclic) bond motifs is 1. The molecule has 2 aromatic rings. The van der Waals surface area contributed by atoms with Gasteiger partial charge in [-0.05, 0) is 98.1 Å². The minimum atomic E-state index is -4.52. The molecule has 2 aromatic carbocycles. The average Bonchev–Trinajstić information content (AvgIpc) is 2.79. The van der Waals surface area contributed by atoms with Crippen LogP contribution in [0, 0.1) is 11.3 Å². The molecule has 0 amide bonds. The first-order valence-electron chi connectivity index (χ1n) is 12.9. The van der Waals surface area contributed by atoms with Crippen LogP contribution in [0.1, 0.15) is 75.8 Å². The number of ether oxygens (including phenoxy) is 1. The lowest BCUT2D eigenvalue weighted by molar-refractivity contribution is -0.140. The van der Waals surface area contributed by atoms with Crippen molar-refractivity contribution < 1.29 is 27.8 Å². The molecule has 2 fully saturated rings. The molecule has 2 N–H and O–H groups in total. The van der Waals surface area contributed by atoms with E-state index in [1.165, 1.54) is 6.07 Å². The van der Waals surface area contributed by atoms with Gasteiger partial charge in [0.2, 0.25) is 0 Å². The molecule has 1 aliphatic carbocycles. The number of piperidine rings is 1. The van der Waals surface area contributed by atoms with Gasteiger partial charge >= 0.3 is 12.1 Å². The monoisotopic (exact) mass is 491 g/mol. The molecule has 0 radical (unpaired) electrons. The Bertz CT molecular complexity index is 1020. The van der Waals surface area contributed by atoms with Crippen molar-refractivity contribution in [2.75, 3.05) is 13.1 Å². The fourth-order valence-electron chi connectivity index (χ4n) is 5.89. The molecule has 0 aromatic heterocycles. The van der Waals surface area contributed by atoms with Gasteiger partial charge in [-0.1, -0.05) is 31.2 Å². The highest BCUT2D eigenvalue weighted by atomic mass is 19.4. The SMILES string of the molecule is C[C@H]1CC[C@@H](Oc2ccc3ccc(CCC[C@]4(CC(=O)O)CCCNC4)cc3c2C(F)(F)F)CC1. The molecule has 1 aliphatic heterocycles. The molecule has 2 aliphatic rings. The zero-order valence-electron chi connectivity index (χ0n) is 20.4. The summed E-state index contributed by atoms with van der Waals surface area (Å²) in [6, 6.07) is 8.46. The van der Waals surface area contributed by atoms with Crippen molar-refractivity contribution in [2.24, 2.45) is 11.3 Å². The number of hydrogen-bond donors (Lipinski definition) is 2. The molecule has 1 heterocycles. The van der Waals surface area contributed by atoms with E-state index >= 15 is 0 Å². The van der Waals surface area contributed by atoms with Crippen LogP contribution >= 0.6 is 0 Å². The van der Waals surface area contributed by atoms with Gasteiger partial charge in [-0.15, -0.1) is 0 Å². The number of hydrogen-bond acceptors (Lipinski definition) is 3. The molecule has 7 heteroatoms. The largest absolute Gasteiger partial charge is 0.490 e. The third-order valence-corrected chi connectivity index (χ3v) is 7.85. The average molecular weight is 492 g/mol. The standard InChI is InChI=1S/C28H36F3NO3/c1-19-5-10-22(11-6-19)35-24-12-9-21-8-7-20(16-23(21)26(24)28(29,30)31)4-2-13-27(17-25(33)34)14-3-15-32-18-27/h7-9,12,16,19,22,32H,2-6,10-11,13-15,17-18H2,1H3,(H,33,34)/t19-,22+,27-/m1/s1. The first-order valence-corrected chi connectivity index (χ1v) is 12.9. The second-order valence-electron chi connectivity index (χ2n) is 10.7. The molecule has 1 saturated carbocycles. The number of halogens is 3. The van der Waals surface area contributed by atoms with E-state index < -0.39 is 17.7 Å². The van der Waals surface area contributed by atoms with Gasteiger partial charge in [0.05, 0.1) is 12.5 Å². The van der Waals surface area contributed by atoms with Crippen LogP contribution < -0.4 is 10.1 Å². The van der Waals surface area contributed by atoms with Crippen molar-refractivity contribution in [1.29, 1.82) is 0 Å². The Kier molecular flexibility index (Phi) is 7.94. The highest BCUT2D eigenvalue weighted by Crippen LogP contribution is 2.43. The van der Waals surface area contributed by atoms with Crippen molar-refractivity contribution in [2.45, 2.75) is 83.4 Å². The zero-order chi connectivity index (χ0) is 25.1. The van der Waals surface area contributed by atoms with Gasteiger partial charge in [0.15, 0.2) is 0 Å². The molecule has 1 atom stereocenters. The van der Waals surface area contributed by atoms with E-state index in [4.69, 9.17) is 4.74 Å². The fourth-order valence-corrected chi connectivity index (χ4v) is 5.89. The second kappa shape index (κ2) is 10.8. The number of carboxylic acids is 1. The van der Waals surface area contributed by atoms with Gasteiger partial charge in [-0.2, -0.15) is 13.2 Å². The number of nitrogens with one attached hydrogen (secondary N) is 1. The molecule has 0 spiro atoms. The number of alkyl halides is 3. The summed E-state index contributed by atoms with van der Waals surface area (Å²) in [5.41, 5.74) is -0.133. The lowest BCUT2D eigenvalue weighted by Crippen LogP contribution is -2.41. The molecule has 35 heavy (non-hydrogen) atoms. The molecule has 4 nitrogen and oxygen atoms in total. The van der Waals surface area contributed by atoms with Gasteiger partial charge in [-0.25, -0.2) is 0 Å². The third-order valence-electron chi connectivity index (χ3n) is 7.85. The predicted molar refractivity (Wildman–Crippen MR) is 131 cm³/mol. The number of carboxylic acid groups (broad SMARTS) is 1. The molecule has 0 bridgehead atoms. The van der Waals surface area contributed by atoms with Crippen molar-refractivity contribution >= 4 is 16.7 Å². The van der Waals surface area contributed by atoms with Gasteiger partial charge < -0.3 is 15.2 Å². The first kappa shape index (κ1) is 25.8. The summed E-state index contributed by atoms with van der Waals surface area (Å²) >= 11 is 0. The van der Waals surface area contributed by atoms with E-state index in [-0.39, 0.29) is 29.1 Å². The van der Waals surface area contributed by atoms with Crippen LogP contribution in [-0.4, -0.2) is 30.3 Å². The Morgan fingerprint density at radius 2 is 1.91 bits per heavy atom. The lowest BCUT2D eigenvalue weighted by atomic mass is 9.74. The van der Waals surface area contributed by atoms with Crippen molar-refractivity contribution in [3.63, 3.8) is 0 Å². The number of rotatable bonds is 8. The predicted octanol–water partition coefficient (Wildman–Crippen LogP) is 6.98. The lowest BCUT2D eigenvalue weighted by Gasteiger charge is -2.36. The highest BCUT2D eigenvalue weighted by molar-refractivity contribution is 5.89. The Balaban J connectivity index is 1.54. The molecule has 1 saturated heterocycles. The minimum Gasteiger partial charge on any atom is -0.490 e. The maximum Gasteiger partial charge on any atom is 0.420 e. The second-order valence-corrected chi connectivity index (χ2v) is 10.7. The normalized spacial score (nSPS) is 25.5. The Labute approximate surface area is 205 Å². The summed E-state index contributed by atoms with van der Waals surface area (Å²) in [5, 5.41) is 13.4. The number of aryl methyl sites for hydroxylation is 1. The summed E-state index contributed by atoms with van der Waals surface area (Å²) < 4.78 is 48.7. The summed E-state index contributed by atoms with van der Waals surface area (Å²) in [5.74, 6) is -0.278. The van der Waals surface area contributed by atoms with E-state index in [0.29, 0.717) is 24.3 Å². The van der Waals surface area contributed by atoms with Crippen molar-refractivity contribution in [3.05, 3.63) is 41.5 Å². The smallest absolute Gasteiger partial charge is 0.420 e. The van der Waals surface area contributed by atoms with Crippen molar-refractivity contribution in [1.82, 2.24) is 5.32 Å². The van der Waals surface area contributed by atoms with Crippen LogP contribution in [0.4, 0.5) is 13.2 Å². The summed E-state index contributed by atoms with van der Waals surface area (Å²) in [6.45, 7) is 3.75. The van der Waals surface area contributed by atoms with Crippen LogP contribution in [0.2, 0.25) is 0 Å². The van der Waals surface area contributed by atoms with E-state index in [0.717, 1.165) is 63.5 Å². The number of aliphatic carboxylic acids is 1. The quantitative estimate of drug-likeness (QED) is 0.418. The third kappa shape index (κ3) is 6.49. The van der Waals surface area contributed by atoms with E-state index in [1.54, 1.807) is 18.2 Å². The van der Waals surface area contributed by atoms with E-state index in [1.807, 2.05) is 6.07 Å². The number of benzene rings is 2. The van der Waals surface area contributed by atoms with Gasteiger partial charge in [0.1, 0.15) is 11.3 Å². The summed E-state index contributed by atoms with van der Waals surface area (Å²) in [7, 11) is 0. The molecular weight excluding hydrogens is 455 g/mol. The van der Waals surface area contributed by atoms with Crippen LogP contribution in [0.25, 0.3) is 10.8 Å². The van der Waals surface area contributed by atoms with Crippen LogP contribution in [0.5, 0.6) is 5.75 Å². The van der Waals surface area contributed by atoms with Gasteiger partial charge in [0, 0.05) is 6.54 Å².